The number of carbonyl (C=O) groups excluding carboxylic acids is 2. The van der Waals surface area contributed by atoms with Crippen molar-refractivity contribution < 1.29 is 14.3 Å². The van der Waals surface area contributed by atoms with Crippen LogP contribution in [0, 0.1) is 6.92 Å². The van der Waals surface area contributed by atoms with Gasteiger partial charge in [-0.2, -0.15) is 0 Å². The predicted molar refractivity (Wildman–Crippen MR) is 99.1 cm³/mol. The van der Waals surface area contributed by atoms with Crippen LogP contribution in [-0.4, -0.2) is 31.5 Å². The van der Waals surface area contributed by atoms with E-state index in [-0.39, 0.29) is 43.2 Å². The van der Waals surface area contributed by atoms with Gasteiger partial charge in [0.2, 0.25) is 11.8 Å². The predicted octanol–water partition coefficient (Wildman–Crippen LogP) is 2.65. The Balaban J connectivity index is 0.00000529. The summed E-state index contributed by atoms with van der Waals surface area (Å²) in [5, 5.41) is 6.03. The molecule has 0 aromatic heterocycles. The van der Waals surface area contributed by atoms with E-state index in [0.717, 1.165) is 5.56 Å². The number of ether oxygens (including phenoxy) is 1. The second-order valence-electron chi connectivity index (χ2n) is 5.47. The zero-order valence-corrected chi connectivity index (χ0v) is 15.7. The fraction of sp³-hybridized carbons (Fsp3) is 0.500. The third kappa shape index (κ3) is 7.86. The summed E-state index contributed by atoms with van der Waals surface area (Å²) in [7, 11) is 1.51. The average molecular weight is 378 g/mol. The first-order valence-electron chi connectivity index (χ1n) is 7.49. The van der Waals surface area contributed by atoms with Gasteiger partial charge in [0.1, 0.15) is 5.75 Å². The largest absolute Gasteiger partial charge is 0.495 e. The number of hydrogen-bond donors (Lipinski definition) is 3. The van der Waals surface area contributed by atoms with Crippen LogP contribution in [0.1, 0.15) is 31.7 Å². The molecule has 0 aliphatic heterocycles. The minimum absolute atomic E-state index is 0. The van der Waals surface area contributed by atoms with Crippen LogP contribution in [0.5, 0.6) is 5.75 Å². The number of nitrogens with two attached hydrogens (primary N) is 1. The molecule has 0 fully saturated rings. The molecule has 0 saturated carbocycles. The number of aryl methyl sites for hydroxylation is 1. The molecular weight excluding hydrogens is 353 g/mol. The highest BCUT2D eigenvalue weighted by Gasteiger charge is 2.11. The molecule has 0 bridgehead atoms. The number of halogens is 2. The first kappa shape index (κ1) is 22.5. The Morgan fingerprint density at radius 3 is 2.54 bits per heavy atom. The van der Waals surface area contributed by atoms with E-state index >= 15 is 0 Å². The number of methoxy groups -OCH3 is 1. The Labute approximate surface area is 153 Å². The number of amides is 2. The third-order valence-corrected chi connectivity index (χ3v) is 3.66. The molecule has 0 heterocycles. The summed E-state index contributed by atoms with van der Waals surface area (Å²) in [4.78, 5) is 23.5. The molecule has 0 saturated heterocycles. The maximum absolute atomic E-state index is 12.0. The summed E-state index contributed by atoms with van der Waals surface area (Å²) in [5.74, 6) is 0.183. The van der Waals surface area contributed by atoms with Gasteiger partial charge < -0.3 is 21.1 Å². The molecule has 2 amide bonds. The van der Waals surface area contributed by atoms with E-state index in [0.29, 0.717) is 29.3 Å². The Bertz CT molecular complexity index is 566. The summed E-state index contributed by atoms with van der Waals surface area (Å²) in [6.07, 6.45) is 1.16. The lowest BCUT2D eigenvalue weighted by atomic mass is 10.2. The van der Waals surface area contributed by atoms with E-state index in [4.69, 9.17) is 22.1 Å². The van der Waals surface area contributed by atoms with Crippen molar-refractivity contribution in [1.29, 1.82) is 0 Å². The average Bonchev–Trinajstić information content (AvgIpc) is 2.48. The minimum atomic E-state index is -0.211. The van der Waals surface area contributed by atoms with Gasteiger partial charge >= 0.3 is 0 Å². The van der Waals surface area contributed by atoms with Crippen LogP contribution in [0.15, 0.2) is 12.1 Å². The molecule has 1 aromatic rings. The highest BCUT2D eigenvalue weighted by Crippen LogP contribution is 2.30. The third-order valence-electron chi connectivity index (χ3n) is 3.26. The molecule has 0 aliphatic carbocycles. The zero-order valence-electron chi connectivity index (χ0n) is 14.1. The van der Waals surface area contributed by atoms with E-state index < -0.39 is 0 Å². The Kier molecular flexibility index (Phi) is 10.4. The molecule has 4 N–H and O–H groups in total. The first-order chi connectivity index (χ1) is 10.8. The molecule has 1 aromatic carbocycles. The van der Waals surface area contributed by atoms with Crippen LogP contribution in [-0.2, 0) is 9.59 Å². The van der Waals surface area contributed by atoms with Crippen LogP contribution in [0.2, 0.25) is 5.02 Å². The number of benzene rings is 1. The Hall–Kier alpha value is -1.50. The van der Waals surface area contributed by atoms with Gasteiger partial charge in [0, 0.05) is 36.5 Å². The van der Waals surface area contributed by atoms with Crippen molar-refractivity contribution in [3.05, 3.63) is 22.7 Å². The standard InChI is InChI=1S/C16H24ClN3O3.ClH/c1-10-8-13(14(23-3)9-12(10)17)20-16(22)6-7-19-15(21)5-4-11(2)18;/h8-9,11H,4-7,18H2,1-3H3,(H,19,21)(H,20,22);1H. The Morgan fingerprint density at radius 1 is 1.29 bits per heavy atom. The summed E-state index contributed by atoms with van der Waals surface area (Å²) in [5.41, 5.74) is 6.99. The molecule has 0 aliphatic rings. The summed E-state index contributed by atoms with van der Waals surface area (Å²) >= 11 is 6.02. The van der Waals surface area contributed by atoms with Gasteiger partial charge in [-0.1, -0.05) is 11.6 Å². The van der Waals surface area contributed by atoms with E-state index in [1.807, 2.05) is 13.8 Å². The highest BCUT2D eigenvalue weighted by molar-refractivity contribution is 6.31. The van der Waals surface area contributed by atoms with Gasteiger partial charge in [-0.25, -0.2) is 0 Å². The molecule has 1 unspecified atom stereocenters. The van der Waals surface area contributed by atoms with Crippen molar-refractivity contribution in [3.8, 4) is 5.75 Å². The van der Waals surface area contributed by atoms with E-state index in [2.05, 4.69) is 10.6 Å². The maximum atomic E-state index is 12.0. The van der Waals surface area contributed by atoms with Crippen LogP contribution in [0.4, 0.5) is 5.69 Å². The molecule has 8 heteroatoms. The first-order valence-corrected chi connectivity index (χ1v) is 7.87. The van der Waals surface area contributed by atoms with Crippen LogP contribution in [0.3, 0.4) is 0 Å². The lowest BCUT2D eigenvalue weighted by molar-refractivity contribution is -0.121. The van der Waals surface area contributed by atoms with Crippen molar-refractivity contribution in [2.24, 2.45) is 5.73 Å². The van der Waals surface area contributed by atoms with E-state index in [9.17, 15) is 9.59 Å². The lowest BCUT2D eigenvalue weighted by Crippen LogP contribution is -2.29. The summed E-state index contributed by atoms with van der Waals surface area (Å²) < 4.78 is 5.20. The van der Waals surface area contributed by atoms with Crippen molar-refractivity contribution >= 4 is 41.5 Å². The van der Waals surface area contributed by atoms with Gasteiger partial charge in [-0.15, -0.1) is 12.4 Å². The number of anilines is 1. The molecular formula is C16H25Cl2N3O3. The van der Waals surface area contributed by atoms with Crippen molar-refractivity contribution in [2.75, 3.05) is 19.0 Å². The van der Waals surface area contributed by atoms with Gasteiger partial charge in [0.05, 0.1) is 12.8 Å². The normalized spacial score (nSPS) is 11.2. The van der Waals surface area contributed by atoms with Crippen molar-refractivity contribution in [3.63, 3.8) is 0 Å². The Morgan fingerprint density at radius 2 is 1.96 bits per heavy atom. The topological polar surface area (TPSA) is 93.5 Å². The zero-order chi connectivity index (χ0) is 17.4. The van der Waals surface area contributed by atoms with Gasteiger partial charge in [0.15, 0.2) is 0 Å². The smallest absolute Gasteiger partial charge is 0.226 e. The fourth-order valence-corrected chi connectivity index (χ4v) is 2.06. The number of rotatable bonds is 8. The van der Waals surface area contributed by atoms with Gasteiger partial charge in [0.25, 0.3) is 0 Å². The van der Waals surface area contributed by atoms with E-state index in [1.165, 1.54) is 7.11 Å². The number of nitrogens with one attached hydrogen (secondary N) is 2. The van der Waals surface area contributed by atoms with Gasteiger partial charge in [-0.05, 0) is 31.9 Å². The lowest BCUT2D eigenvalue weighted by Gasteiger charge is -2.12. The molecule has 1 rings (SSSR count). The molecule has 0 spiro atoms. The summed E-state index contributed by atoms with van der Waals surface area (Å²) in [6.45, 7) is 3.97. The highest BCUT2D eigenvalue weighted by atomic mass is 35.5. The molecule has 0 radical (unpaired) electrons. The molecule has 136 valence electrons. The second-order valence-corrected chi connectivity index (χ2v) is 5.87. The SMILES string of the molecule is COc1cc(Cl)c(C)cc1NC(=O)CCNC(=O)CCC(C)N.Cl. The van der Waals surface area contributed by atoms with Crippen molar-refractivity contribution in [2.45, 2.75) is 39.2 Å². The quantitative estimate of drug-likeness (QED) is 0.648. The monoisotopic (exact) mass is 377 g/mol. The maximum Gasteiger partial charge on any atom is 0.226 e. The van der Waals surface area contributed by atoms with Crippen LogP contribution < -0.4 is 21.1 Å². The van der Waals surface area contributed by atoms with Crippen molar-refractivity contribution in [1.82, 2.24) is 5.32 Å². The van der Waals surface area contributed by atoms with Crippen LogP contribution >= 0.6 is 24.0 Å². The minimum Gasteiger partial charge on any atom is -0.495 e. The number of carbonyl (C=O) groups is 2. The van der Waals surface area contributed by atoms with Crippen LogP contribution in [0.25, 0.3) is 0 Å². The molecule has 6 nitrogen and oxygen atoms in total. The van der Waals surface area contributed by atoms with Gasteiger partial charge in [-0.3, -0.25) is 9.59 Å². The molecule has 24 heavy (non-hydrogen) atoms. The fourth-order valence-electron chi connectivity index (χ4n) is 1.91. The number of hydrogen-bond acceptors (Lipinski definition) is 4. The van der Waals surface area contributed by atoms with E-state index in [1.54, 1.807) is 12.1 Å². The molecule has 1 atom stereocenters. The second kappa shape index (κ2) is 11.1. The summed E-state index contributed by atoms with van der Waals surface area (Å²) in [6, 6.07) is 3.40.